The van der Waals surface area contributed by atoms with Crippen LogP contribution in [-0.4, -0.2) is 55.5 Å². The highest BCUT2D eigenvalue weighted by molar-refractivity contribution is 6.30. The van der Waals surface area contributed by atoms with Gasteiger partial charge in [-0.3, -0.25) is 9.69 Å². The van der Waals surface area contributed by atoms with E-state index >= 15 is 0 Å². The van der Waals surface area contributed by atoms with Gasteiger partial charge < -0.3 is 14.6 Å². The van der Waals surface area contributed by atoms with Crippen LogP contribution in [0, 0.1) is 13.8 Å². The summed E-state index contributed by atoms with van der Waals surface area (Å²) < 4.78 is 5.88. The third-order valence-corrected chi connectivity index (χ3v) is 6.24. The van der Waals surface area contributed by atoms with Crippen LogP contribution in [0.3, 0.4) is 0 Å². The Morgan fingerprint density at radius 1 is 1.10 bits per heavy atom. The monoisotopic (exact) mass is 425 g/mol. The van der Waals surface area contributed by atoms with Crippen LogP contribution in [0.15, 0.2) is 46.9 Å². The molecule has 1 aliphatic heterocycles. The maximum Gasteiger partial charge on any atom is 0.287 e. The van der Waals surface area contributed by atoms with Gasteiger partial charge in [0.15, 0.2) is 5.76 Å². The molecule has 0 radical (unpaired) electrons. The third kappa shape index (κ3) is 4.38. The zero-order valence-corrected chi connectivity index (χ0v) is 18.5. The number of hydrogen-bond donors (Lipinski definition) is 1. The Kier molecular flexibility index (Phi) is 6.14. The molecule has 30 heavy (non-hydrogen) atoms. The van der Waals surface area contributed by atoms with Crippen molar-refractivity contribution in [3.05, 3.63) is 69.9 Å². The highest BCUT2D eigenvalue weighted by Gasteiger charge is 2.26. The Labute approximate surface area is 182 Å². The molecule has 1 saturated heterocycles. The van der Waals surface area contributed by atoms with E-state index in [9.17, 15) is 4.79 Å². The van der Waals surface area contributed by atoms with Crippen molar-refractivity contribution in [2.24, 2.45) is 0 Å². The Morgan fingerprint density at radius 2 is 1.80 bits per heavy atom. The lowest BCUT2D eigenvalue weighted by molar-refractivity contribution is 0.0864. The van der Waals surface area contributed by atoms with Crippen LogP contribution < -0.4 is 5.32 Å². The number of amides is 1. The van der Waals surface area contributed by atoms with Crippen molar-refractivity contribution in [3.8, 4) is 0 Å². The second-order valence-corrected chi connectivity index (χ2v) is 8.61. The fourth-order valence-electron chi connectivity index (χ4n) is 4.10. The third-order valence-electron chi connectivity index (χ3n) is 5.99. The number of fused-ring (bicyclic) bond motifs is 1. The number of benzene rings is 2. The molecular weight excluding hydrogens is 398 g/mol. The van der Waals surface area contributed by atoms with Gasteiger partial charge in [-0.05, 0) is 50.7 Å². The first kappa shape index (κ1) is 20.9. The maximum atomic E-state index is 13.0. The summed E-state index contributed by atoms with van der Waals surface area (Å²) in [6.07, 6.45) is 0. The first-order valence-electron chi connectivity index (χ1n) is 10.4. The van der Waals surface area contributed by atoms with E-state index in [1.54, 1.807) is 0 Å². The van der Waals surface area contributed by atoms with Crippen molar-refractivity contribution in [3.63, 3.8) is 0 Å². The number of nitrogens with one attached hydrogen (secondary N) is 1. The van der Waals surface area contributed by atoms with Crippen molar-refractivity contribution < 1.29 is 9.21 Å². The number of aryl methyl sites for hydroxylation is 2. The number of halogens is 1. The average Bonchev–Trinajstić information content (AvgIpc) is 3.06. The molecule has 4 rings (SSSR count). The Hall–Kier alpha value is -2.34. The minimum Gasteiger partial charge on any atom is -0.451 e. The molecule has 0 aliphatic carbocycles. The molecule has 0 bridgehead atoms. The molecular formula is C24H28ClN3O2. The van der Waals surface area contributed by atoms with E-state index in [0.717, 1.165) is 53.8 Å². The topological polar surface area (TPSA) is 48.7 Å². The molecule has 158 valence electrons. The second-order valence-electron chi connectivity index (χ2n) is 8.17. The fraction of sp³-hybridized carbons (Fsp3) is 0.375. The van der Waals surface area contributed by atoms with Crippen molar-refractivity contribution >= 4 is 28.5 Å². The molecule has 1 amide bonds. The van der Waals surface area contributed by atoms with Gasteiger partial charge in [0.05, 0.1) is 6.04 Å². The summed E-state index contributed by atoms with van der Waals surface area (Å²) in [6.45, 7) is 8.45. The summed E-state index contributed by atoms with van der Waals surface area (Å²) in [5.74, 6) is 0.221. The van der Waals surface area contributed by atoms with E-state index in [1.807, 2.05) is 50.2 Å². The molecule has 1 N–H and O–H groups in total. The number of hydrogen-bond acceptors (Lipinski definition) is 4. The summed E-state index contributed by atoms with van der Waals surface area (Å²) in [5.41, 5.74) is 3.93. The van der Waals surface area contributed by atoms with E-state index < -0.39 is 0 Å². The van der Waals surface area contributed by atoms with E-state index in [0.29, 0.717) is 17.3 Å². The van der Waals surface area contributed by atoms with Crippen LogP contribution in [0.25, 0.3) is 11.0 Å². The van der Waals surface area contributed by atoms with Crippen LogP contribution in [0.4, 0.5) is 0 Å². The molecule has 0 saturated carbocycles. The molecule has 5 nitrogen and oxygen atoms in total. The molecule has 0 spiro atoms. The lowest BCUT2D eigenvalue weighted by Crippen LogP contribution is -2.48. The van der Waals surface area contributed by atoms with Gasteiger partial charge >= 0.3 is 0 Å². The van der Waals surface area contributed by atoms with Gasteiger partial charge in [0.2, 0.25) is 0 Å². The van der Waals surface area contributed by atoms with Gasteiger partial charge in [-0.15, -0.1) is 0 Å². The van der Waals surface area contributed by atoms with Crippen molar-refractivity contribution in [2.75, 3.05) is 39.8 Å². The SMILES string of the molecule is Cc1ccc2oc(C(=O)NC[C@@H](c3ccc(Cl)cc3)N3CCN(C)CC3)c(C)c2c1. The molecule has 1 aromatic heterocycles. The summed E-state index contributed by atoms with van der Waals surface area (Å²) in [7, 11) is 2.14. The van der Waals surface area contributed by atoms with Crippen LogP contribution in [0.1, 0.15) is 33.3 Å². The largest absolute Gasteiger partial charge is 0.451 e. The van der Waals surface area contributed by atoms with Crippen LogP contribution in [0.2, 0.25) is 5.02 Å². The summed E-state index contributed by atoms with van der Waals surface area (Å²) in [5, 5.41) is 4.83. The van der Waals surface area contributed by atoms with Gasteiger partial charge in [0.25, 0.3) is 5.91 Å². The van der Waals surface area contributed by atoms with E-state index in [4.69, 9.17) is 16.0 Å². The highest BCUT2D eigenvalue weighted by Crippen LogP contribution is 2.27. The van der Waals surface area contributed by atoms with Crippen LogP contribution in [-0.2, 0) is 0 Å². The van der Waals surface area contributed by atoms with Crippen molar-refractivity contribution in [1.82, 2.24) is 15.1 Å². The zero-order chi connectivity index (χ0) is 21.3. The lowest BCUT2D eigenvalue weighted by atomic mass is 10.0. The first-order valence-corrected chi connectivity index (χ1v) is 10.8. The predicted octanol–water partition coefficient (Wildman–Crippen LogP) is 4.42. The van der Waals surface area contributed by atoms with Gasteiger partial charge in [0, 0.05) is 48.7 Å². The van der Waals surface area contributed by atoms with Gasteiger partial charge in [-0.1, -0.05) is 35.4 Å². The number of carbonyl (C=O) groups excluding carboxylic acids is 1. The van der Waals surface area contributed by atoms with Gasteiger partial charge in [-0.2, -0.15) is 0 Å². The smallest absolute Gasteiger partial charge is 0.287 e. The van der Waals surface area contributed by atoms with Gasteiger partial charge in [0.1, 0.15) is 5.58 Å². The number of nitrogens with zero attached hydrogens (tertiary/aromatic N) is 2. The molecule has 1 atom stereocenters. The van der Waals surface area contributed by atoms with Gasteiger partial charge in [-0.25, -0.2) is 0 Å². The predicted molar refractivity (Wildman–Crippen MR) is 121 cm³/mol. The number of piperazine rings is 1. The number of likely N-dealkylation sites (N-methyl/N-ethyl adjacent to an activating group) is 1. The van der Waals surface area contributed by atoms with Crippen LogP contribution in [0.5, 0.6) is 0 Å². The highest BCUT2D eigenvalue weighted by atomic mass is 35.5. The first-order chi connectivity index (χ1) is 14.4. The quantitative estimate of drug-likeness (QED) is 0.657. The summed E-state index contributed by atoms with van der Waals surface area (Å²) >= 11 is 6.09. The molecule has 6 heteroatoms. The average molecular weight is 426 g/mol. The van der Waals surface area contributed by atoms with E-state index in [1.165, 1.54) is 0 Å². The summed E-state index contributed by atoms with van der Waals surface area (Å²) in [4.78, 5) is 17.7. The van der Waals surface area contributed by atoms with E-state index in [-0.39, 0.29) is 11.9 Å². The minimum atomic E-state index is -0.172. The number of rotatable bonds is 5. The second kappa shape index (κ2) is 8.80. The maximum absolute atomic E-state index is 13.0. The summed E-state index contributed by atoms with van der Waals surface area (Å²) in [6, 6.07) is 14.0. The molecule has 2 aromatic carbocycles. The molecule has 2 heterocycles. The molecule has 0 unspecified atom stereocenters. The number of carbonyl (C=O) groups is 1. The Bertz CT molecular complexity index is 1040. The lowest BCUT2D eigenvalue weighted by Gasteiger charge is -2.38. The fourth-order valence-corrected chi connectivity index (χ4v) is 4.22. The number of furan rings is 1. The molecule has 1 aliphatic rings. The van der Waals surface area contributed by atoms with Crippen molar-refractivity contribution in [2.45, 2.75) is 19.9 Å². The normalized spacial score (nSPS) is 16.7. The van der Waals surface area contributed by atoms with Crippen LogP contribution >= 0.6 is 11.6 Å². The molecule has 3 aromatic rings. The standard InChI is InChI=1S/C24H28ClN3O2/c1-16-4-9-22-20(14-16)17(2)23(30-22)24(29)26-15-21(18-5-7-19(25)8-6-18)28-12-10-27(3)11-13-28/h4-9,14,21H,10-13,15H2,1-3H3,(H,26,29)/t21-/m0/s1. The zero-order valence-electron chi connectivity index (χ0n) is 17.7. The Morgan fingerprint density at radius 3 is 2.50 bits per heavy atom. The molecule has 1 fully saturated rings. The minimum absolute atomic E-state index is 0.0897. The Balaban J connectivity index is 1.54. The van der Waals surface area contributed by atoms with E-state index in [2.05, 4.69) is 28.2 Å². The van der Waals surface area contributed by atoms with Crippen molar-refractivity contribution in [1.29, 1.82) is 0 Å².